The molecule has 2 fully saturated rings. The van der Waals surface area contributed by atoms with Crippen molar-refractivity contribution >= 4 is 11.9 Å². The van der Waals surface area contributed by atoms with Crippen LogP contribution in [-0.4, -0.2) is 40.4 Å². The van der Waals surface area contributed by atoms with Crippen LogP contribution in [0.2, 0.25) is 0 Å². The van der Waals surface area contributed by atoms with Crippen molar-refractivity contribution in [2.75, 3.05) is 13.1 Å². The van der Waals surface area contributed by atoms with Gasteiger partial charge in [0.1, 0.15) is 5.54 Å². The number of hydrogen-bond donors (Lipinski definition) is 1. The van der Waals surface area contributed by atoms with Crippen molar-refractivity contribution in [2.45, 2.75) is 38.4 Å². The molecule has 0 unspecified atom stereocenters. The molecule has 0 saturated carbocycles. The second-order valence-corrected chi connectivity index (χ2v) is 7.69. The Morgan fingerprint density at radius 1 is 1.00 bits per heavy atom. The van der Waals surface area contributed by atoms with Crippen LogP contribution in [0.1, 0.15) is 29.5 Å². The van der Waals surface area contributed by atoms with Crippen LogP contribution >= 0.6 is 0 Å². The van der Waals surface area contributed by atoms with Gasteiger partial charge in [-0.2, -0.15) is 0 Å². The highest BCUT2D eigenvalue weighted by Crippen LogP contribution is 2.30. The number of likely N-dealkylation sites (tertiary alicyclic amines) is 1. The Morgan fingerprint density at radius 2 is 1.78 bits per heavy atom. The fourth-order valence-corrected chi connectivity index (χ4v) is 4.21. The number of hydrogen-bond acceptors (Lipinski definition) is 3. The summed E-state index contributed by atoms with van der Waals surface area (Å²) in [4.78, 5) is 29.4. The van der Waals surface area contributed by atoms with Crippen LogP contribution in [0, 0.1) is 6.92 Å². The molecule has 0 radical (unpaired) electrons. The largest absolute Gasteiger partial charge is 0.325 e. The summed E-state index contributed by atoms with van der Waals surface area (Å²) in [6.45, 7) is 4.64. The van der Waals surface area contributed by atoms with E-state index in [2.05, 4.69) is 22.3 Å². The van der Waals surface area contributed by atoms with E-state index in [1.165, 1.54) is 10.5 Å². The van der Waals surface area contributed by atoms with Gasteiger partial charge in [0.05, 0.1) is 6.54 Å². The zero-order valence-corrected chi connectivity index (χ0v) is 15.6. The molecule has 0 aliphatic carbocycles. The molecule has 2 aromatic carbocycles. The first-order valence-electron chi connectivity index (χ1n) is 9.52. The number of nitrogens with one attached hydrogen (secondary N) is 1. The predicted molar refractivity (Wildman–Crippen MR) is 104 cm³/mol. The topological polar surface area (TPSA) is 52.7 Å². The lowest BCUT2D eigenvalue weighted by molar-refractivity contribution is -0.133. The van der Waals surface area contributed by atoms with Crippen LogP contribution in [0.3, 0.4) is 0 Å². The fourth-order valence-electron chi connectivity index (χ4n) is 4.21. The predicted octanol–water partition coefficient (Wildman–Crippen LogP) is 3.08. The summed E-state index contributed by atoms with van der Waals surface area (Å²) in [7, 11) is 0. The van der Waals surface area contributed by atoms with Crippen molar-refractivity contribution in [2.24, 2.45) is 0 Å². The zero-order valence-electron chi connectivity index (χ0n) is 15.6. The normalized spacial score (nSPS) is 23.1. The van der Waals surface area contributed by atoms with E-state index >= 15 is 0 Å². The van der Waals surface area contributed by atoms with E-state index < -0.39 is 5.54 Å². The number of piperidine rings is 1. The molecule has 4 rings (SSSR count). The Labute approximate surface area is 160 Å². The molecule has 0 aromatic heterocycles. The summed E-state index contributed by atoms with van der Waals surface area (Å²) in [6.07, 6.45) is 1.60. The van der Waals surface area contributed by atoms with E-state index in [0.29, 0.717) is 19.5 Å². The fraction of sp³-hybridized carbons (Fsp3) is 0.364. The number of carbonyl (C=O) groups excluding carboxylic acids is 2. The third kappa shape index (κ3) is 3.60. The summed E-state index contributed by atoms with van der Waals surface area (Å²) < 4.78 is 0. The lowest BCUT2D eigenvalue weighted by Gasteiger charge is -2.38. The first kappa shape index (κ1) is 17.7. The summed E-state index contributed by atoms with van der Waals surface area (Å²) in [6, 6.07) is 17.9. The van der Waals surface area contributed by atoms with Gasteiger partial charge in [-0.15, -0.1) is 0 Å². The molecule has 5 heteroatoms. The highest BCUT2D eigenvalue weighted by Gasteiger charge is 2.52. The molecule has 5 nitrogen and oxygen atoms in total. The lowest BCUT2D eigenvalue weighted by Crippen LogP contribution is -2.58. The van der Waals surface area contributed by atoms with Gasteiger partial charge >= 0.3 is 6.03 Å². The van der Waals surface area contributed by atoms with Gasteiger partial charge in [-0.25, -0.2) is 4.79 Å². The van der Waals surface area contributed by atoms with E-state index in [1.54, 1.807) is 0 Å². The number of imide groups is 1. The molecule has 1 spiro atoms. The second-order valence-electron chi connectivity index (χ2n) is 7.69. The molecular formula is C22H25N3O2. The minimum absolute atomic E-state index is 0.0910. The maximum absolute atomic E-state index is 13.2. The Bertz CT molecular complexity index is 852. The van der Waals surface area contributed by atoms with Crippen molar-refractivity contribution in [3.63, 3.8) is 0 Å². The number of amides is 3. The van der Waals surface area contributed by atoms with E-state index in [9.17, 15) is 9.59 Å². The van der Waals surface area contributed by atoms with E-state index in [0.717, 1.165) is 30.6 Å². The van der Waals surface area contributed by atoms with Gasteiger partial charge in [-0.05, 0) is 37.4 Å². The number of rotatable bonds is 4. The molecule has 140 valence electrons. The van der Waals surface area contributed by atoms with Gasteiger partial charge in [0.25, 0.3) is 5.91 Å². The number of aryl methyl sites for hydroxylation is 1. The molecule has 3 amide bonds. The Balaban J connectivity index is 1.49. The summed E-state index contributed by atoms with van der Waals surface area (Å²) >= 11 is 0. The number of nitrogens with zero attached hydrogens (tertiary/aromatic N) is 2. The van der Waals surface area contributed by atoms with Gasteiger partial charge < -0.3 is 5.32 Å². The van der Waals surface area contributed by atoms with Gasteiger partial charge in [-0.3, -0.25) is 14.6 Å². The first-order valence-corrected chi connectivity index (χ1v) is 9.52. The van der Waals surface area contributed by atoms with Gasteiger partial charge in [-0.1, -0.05) is 60.2 Å². The van der Waals surface area contributed by atoms with Crippen molar-refractivity contribution in [3.05, 3.63) is 71.3 Å². The summed E-state index contributed by atoms with van der Waals surface area (Å²) in [5.74, 6) is -0.0910. The van der Waals surface area contributed by atoms with Crippen molar-refractivity contribution in [1.29, 1.82) is 0 Å². The quantitative estimate of drug-likeness (QED) is 0.850. The third-order valence-electron chi connectivity index (χ3n) is 5.49. The smallest absolute Gasteiger partial charge is 0.322 e. The van der Waals surface area contributed by atoms with E-state index in [4.69, 9.17) is 0 Å². The highest BCUT2D eigenvalue weighted by molar-refractivity contribution is 6.07. The molecule has 0 bridgehead atoms. The van der Waals surface area contributed by atoms with Crippen LogP contribution < -0.4 is 5.32 Å². The third-order valence-corrected chi connectivity index (χ3v) is 5.49. The van der Waals surface area contributed by atoms with Crippen LogP contribution in [0.15, 0.2) is 54.6 Å². The second kappa shape index (κ2) is 7.16. The van der Waals surface area contributed by atoms with Gasteiger partial charge in [0.15, 0.2) is 0 Å². The molecule has 1 atom stereocenters. The maximum atomic E-state index is 13.2. The van der Waals surface area contributed by atoms with Gasteiger partial charge in [0.2, 0.25) is 0 Å². The summed E-state index contributed by atoms with van der Waals surface area (Å²) in [5.41, 5.74) is 2.55. The van der Waals surface area contributed by atoms with Crippen molar-refractivity contribution in [3.8, 4) is 0 Å². The van der Waals surface area contributed by atoms with Crippen LogP contribution in [0.25, 0.3) is 0 Å². The number of carbonyl (C=O) groups is 2. The molecule has 2 saturated heterocycles. The summed E-state index contributed by atoms with van der Waals surface area (Å²) in [5, 5.41) is 3.02. The monoisotopic (exact) mass is 363 g/mol. The first-order chi connectivity index (χ1) is 13.1. The average Bonchev–Trinajstić information content (AvgIpc) is 2.87. The molecule has 2 aromatic rings. The molecule has 2 heterocycles. The Kier molecular flexibility index (Phi) is 4.70. The maximum Gasteiger partial charge on any atom is 0.325 e. The minimum atomic E-state index is -0.784. The van der Waals surface area contributed by atoms with Crippen LogP contribution in [0.4, 0.5) is 4.79 Å². The molecule has 2 aliphatic rings. The molecule has 1 N–H and O–H groups in total. The molecule has 2 aliphatic heterocycles. The van der Waals surface area contributed by atoms with E-state index in [-0.39, 0.29) is 11.9 Å². The standard InChI is InChI=1S/C22H25N3O2/c1-17-7-5-10-19(13-17)15-25-20(26)22(23-21(25)27)11-6-12-24(16-22)14-18-8-3-2-4-9-18/h2-5,7-10,13H,6,11-12,14-16H2,1H3,(H,23,27)/t22-/m1/s1. The number of urea groups is 1. The zero-order chi connectivity index (χ0) is 18.9. The van der Waals surface area contributed by atoms with Crippen LogP contribution in [-0.2, 0) is 17.9 Å². The van der Waals surface area contributed by atoms with Crippen molar-refractivity contribution < 1.29 is 9.59 Å². The number of benzene rings is 2. The van der Waals surface area contributed by atoms with E-state index in [1.807, 2.05) is 49.4 Å². The van der Waals surface area contributed by atoms with Gasteiger partial charge in [0, 0.05) is 13.1 Å². The lowest BCUT2D eigenvalue weighted by atomic mass is 9.88. The Hall–Kier alpha value is -2.66. The van der Waals surface area contributed by atoms with Crippen molar-refractivity contribution in [1.82, 2.24) is 15.1 Å². The Morgan fingerprint density at radius 3 is 2.56 bits per heavy atom. The minimum Gasteiger partial charge on any atom is -0.322 e. The highest BCUT2D eigenvalue weighted by atomic mass is 16.2. The molecule has 27 heavy (non-hydrogen) atoms. The SMILES string of the molecule is Cc1cccc(CN2C(=O)N[C@@]3(CCCN(Cc4ccccc4)C3)C2=O)c1. The molecular weight excluding hydrogens is 338 g/mol. The van der Waals surface area contributed by atoms with Crippen LogP contribution in [0.5, 0.6) is 0 Å². The average molecular weight is 363 g/mol.